The van der Waals surface area contributed by atoms with E-state index in [9.17, 15) is 10.1 Å². The number of aryl methyl sites for hydroxylation is 1. The number of amides is 1. The predicted octanol–water partition coefficient (Wildman–Crippen LogP) is 1.61. The van der Waals surface area contributed by atoms with E-state index in [0.29, 0.717) is 36.8 Å². The summed E-state index contributed by atoms with van der Waals surface area (Å²) >= 11 is 0. The second kappa shape index (κ2) is 6.59. The first-order valence-corrected chi connectivity index (χ1v) is 10.0. The van der Waals surface area contributed by atoms with E-state index in [2.05, 4.69) is 28.0 Å². The van der Waals surface area contributed by atoms with Gasteiger partial charge in [0, 0.05) is 43.8 Å². The molecule has 2 aromatic heterocycles. The van der Waals surface area contributed by atoms with Gasteiger partial charge in [0.2, 0.25) is 5.91 Å². The van der Waals surface area contributed by atoms with Crippen molar-refractivity contribution in [2.24, 2.45) is 5.92 Å². The number of aromatic nitrogens is 4. The number of fused-ring (bicyclic) bond motifs is 1. The summed E-state index contributed by atoms with van der Waals surface area (Å²) in [6.07, 6.45) is 7.56. The van der Waals surface area contributed by atoms with E-state index >= 15 is 0 Å². The van der Waals surface area contributed by atoms with Crippen molar-refractivity contribution >= 4 is 11.7 Å². The highest BCUT2D eigenvalue weighted by Crippen LogP contribution is 2.33. The average molecular weight is 377 g/mol. The fourth-order valence-electron chi connectivity index (χ4n) is 4.31. The van der Waals surface area contributed by atoms with Gasteiger partial charge in [-0.05, 0) is 32.6 Å². The monoisotopic (exact) mass is 377 g/mol. The van der Waals surface area contributed by atoms with Crippen LogP contribution in [0, 0.1) is 17.2 Å². The van der Waals surface area contributed by atoms with Gasteiger partial charge in [-0.1, -0.05) is 0 Å². The third-order valence-corrected chi connectivity index (χ3v) is 6.00. The van der Waals surface area contributed by atoms with Crippen LogP contribution < -0.4 is 4.90 Å². The molecule has 8 nitrogen and oxygen atoms in total. The molecule has 2 aliphatic heterocycles. The van der Waals surface area contributed by atoms with Gasteiger partial charge in [-0.3, -0.25) is 9.48 Å². The SMILES string of the molecule is C[C@@H]1CN(c2nc(-c3cnn4c3CCC4)ncc2C#N)CCN1C(=O)C1CC1. The lowest BCUT2D eigenvalue weighted by molar-refractivity contribution is -0.134. The van der Waals surface area contributed by atoms with Crippen molar-refractivity contribution in [3.63, 3.8) is 0 Å². The van der Waals surface area contributed by atoms with Gasteiger partial charge in [-0.15, -0.1) is 0 Å². The van der Waals surface area contributed by atoms with Crippen LogP contribution in [-0.4, -0.2) is 56.2 Å². The first-order chi connectivity index (χ1) is 13.7. The molecule has 0 radical (unpaired) electrons. The normalized spacial score (nSPS) is 21.5. The Bertz CT molecular complexity index is 971. The van der Waals surface area contributed by atoms with E-state index in [1.54, 1.807) is 6.20 Å². The summed E-state index contributed by atoms with van der Waals surface area (Å²) in [4.78, 5) is 25.8. The molecule has 28 heavy (non-hydrogen) atoms. The minimum absolute atomic E-state index is 0.104. The Labute approximate surface area is 163 Å². The number of rotatable bonds is 3. The van der Waals surface area contributed by atoms with Crippen molar-refractivity contribution < 1.29 is 4.79 Å². The van der Waals surface area contributed by atoms with E-state index in [1.165, 1.54) is 5.69 Å². The molecule has 0 aromatic carbocycles. The predicted molar refractivity (Wildman–Crippen MR) is 102 cm³/mol. The van der Waals surface area contributed by atoms with Crippen LogP contribution in [-0.2, 0) is 17.8 Å². The molecule has 144 valence electrons. The molecule has 8 heteroatoms. The van der Waals surface area contributed by atoms with Crippen LogP contribution in [0.2, 0.25) is 0 Å². The lowest BCUT2D eigenvalue weighted by atomic mass is 10.1. The minimum Gasteiger partial charge on any atom is -0.352 e. The summed E-state index contributed by atoms with van der Waals surface area (Å²) < 4.78 is 2.01. The van der Waals surface area contributed by atoms with Gasteiger partial charge >= 0.3 is 0 Å². The third-order valence-electron chi connectivity index (χ3n) is 6.00. The number of piperazine rings is 1. The Balaban J connectivity index is 1.43. The lowest BCUT2D eigenvalue weighted by Crippen LogP contribution is -2.54. The van der Waals surface area contributed by atoms with Gasteiger partial charge in [0.25, 0.3) is 0 Å². The highest BCUT2D eigenvalue weighted by molar-refractivity contribution is 5.81. The Morgan fingerprint density at radius 3 is 2.86 bits per heavy atom. The maximum Gasteiger partial charge on any atom is 0.226 e. The summed E-state index contributed by atoms with van der Waals surface area (Å²) in [5, 5.41) is 14.0. The summed E-state index contributed by atoms with van der Waals surface area (Å²) in [5.41, 5.74) is 2.60. The van der Waals surface area contributed by atoms with E-state index in [0.717, 1.165) is 37.8 Å². The highest BCUT2D eigenvalue weighted by atomic mass is 16.2. The average Bonchev–Trinajstić information content (AvgIpc) is 3.33. The molecule has 1 atom stereocenters. The highest BCUT2D eigenvalue weighted by Gasteiger charge is 2.37. The van der Waals surface area contributed by atoms with Crippen LogP contribution in [0.25, 0.3) is 11.4 Å². The molecule has 0 bridgehead atoms. The van der Waals surface area contributed by atoms with Gasteiger partial charge in [-0.25, -0.2) is 9.97 Å². The largest absolute Gasteiger partial charge is 0.352 e. The maximum absolute atomic E-state index is 12.5. The fraction of sp³-hybridized carbons (Fsp3) is 0.550. The standard InChI is InChI=1S/C20H23N7O/c1-13-12-25(7-8-26(13)20(28)14-4-5-14)19-15(9-21)10-22-18(24-19)16-11-23-27-6-2-3-17(16)27/h10-11,13-14H,2-8,12H2,1H3/t13-/m1/s1. The number of anilines is 1. The zero-order valence-corrected chi connectivity index (χ0v) is 16.0. The minimum atomic E-state index is 0.104. The van der Waals surface area contributed by atoms with Crippen molar-refractivity contribution in [3.05, 3.63) is 23.7 Å². The molecule has 2 aromatic rings. The number of nitriles is 1. The molecule has 1 saturated carbocycles. The van der Waals surface area contributed by atoms with Crippen LogP contribution in [0.3, 0.4) is 0 Å². The van der Waals surface area contributed by atoms with Gasteiger partial charge in [0.05, 0.1) is 18.0 Å². The zero-order valence-electron chi connectivity index (χ0n) is 16.0. The fourth-order valence-corrected chi connectivity index (χ4v) is 4.31. The van der Waals surface area contributed by atoms with Gasteiger partial charge < -0.3 is 9.80 Å². The first-order valence-electron chi connectivity index (χ1n) is 10.0. The van der Waals surface area contributed by atoms with Gasteiger partial charge in [0.1, 0.15) is 11.6 Å². The first kappa shape index (κ1) is 17.2. The van der Waals surface area contributed by atoms with Crippen LogP contribution in [0.5, 0.6) is 0 Å². The van der Waals surface area contributed by atoms with Crippen LogP contribution in [0.15, 0.2) is 12.4 Å². The van der Waals surface area contributed by atoms with Crippen LogP contribution >= 0.6 is 0 Å². The molecule has 1 saturated heterocycles. The topological polar surface area (TPSA) is 90.9 Å². The molecule has 4 heterocycles. The van der Waals surface area contributed by atoms with Gasteiger partial charge in [0.15, 0.2) is 11.6 Å². The summed E-state index contributed by atoms with van der Waals surface area (Å²) in [6, 6.07) is 2.33. The quantitative estimate of drug-likeness (QED) is 0.807. The zero-order chi connectivity index (χ0) is 19.3. The van der Waals surface area contributed by atoms with Crippen molar-refractivity contribution in [2.45, 2.75) is 45.2 Å². The molecule has 0 unspecified atom stereocenters. The molecule has 1 aliphatic carbocycles. The molecule has 5 rings (SSSR count). The molecule has 1 amide bonds. The molecular formula is C20H23N7O. The van der Waals surface area contributed by atoms with Crippen molar-refractivity contribution in [2.75, 3.05) is 24.5 Å². The Morgan fingerprint density at radius 1 is 1.25 bits per heavy atom. The van der Waals surface area contributed by atoms with Crippen LogP contribution in [0.1, 0.15) is 37.4 Å². The van der Waals surface area contributed by atoms with E-state index in [-0.39, 0.29) is 17.9 Å². The van der Waals surface area contributed by atoms with Crippen molar-refractivity contribution in [1.29, 1.82) is 5.26 Å². The molecule has 2 fully saturated rings. The lowest BCUT2D eigenvalue weighted by Gasteiger charge is -2.40. The Hall–Kier alpha value is -2.95. The number of carbonyl (C=O) groups is 1. The van der Waals surface area contributed by atoms with Gasteiger partial charge in [-0.2, -0.15) is 10.4 Å². The Morgan fingerprint density at radius 2 is 2.11 bits per heavy atom. The number of nitrogens with zero attached hydrogens (tertiary/aromatic N) is 7. The van der Waals surface area contributed by atoms with Crippen molar-refractivity contribution in [3.8, 4) is 17.5 Å². The van der Waals surface area contributed by atoms with Crippen LogP contribution in [0.4, 0.5) is 5.82 Å². The molecule has 3 aliphatic rings. The molecular weight excluding hydrogens is 354 g/mol. The van der Waals surface area contributed by atoms with E-state index < -0.39 is 0 Å². The summed E-state index contributed by atoms with van der Waals surface area (Å²) in [7, 11) is 0. The number of hydrogen-bond donors (Lipinski definition) is 0. The smallest absolute Gasteiger partial charge is 0.226 e. The summed E-state index contributed by atoms with van der Waals surface area (Å²) in [5.74, 6) is 1.81. The van der Waals surface area contributed by atoms with E-state index in [1.807, 2.05) is 15.8 Å². The second-order valence-corrected chi connectivity index (χ2v) is 7.98. The second-order valence-electron chi connectivity index (χ2n) is 7.98. The molecule has 0 N–H and O–H groups in total. The summed E-state index contributed by atoms with van der Waals surface area (Å²) in [6.45, 7) is 5.04. The molecule has 0 spiro atoms. The maximum atomic E-state index is 12.5. The van der Waals surface area contributed by atoms with Crippen molar-refractivity contribution in [1.82, 2.24) is 24.6 Å². The third kappa shape index (κ3) is 2.82. The number of carbonyl (C=O) groups excluding carboxylic acids is 1. The number of hydrogen-bond acceptors (Lipinski definition) is 6. The van der Waals surface area contributed by atoms with E-state index in [4.69, 9.17) is 4.98 Å². The Kier molecular flexibility index (Phi) is 4.04.